The highest BCUT2D eigenvalue weighted by atomic mass is 35.5. The molecule has 0 N–H and O–H groups in total. The fourth-order valence-electron chi connectivity index (χ4n) is 1.37. The molecular formula is C9H9ClN4. The molecule has 5 heteroatoms. The van der Waals surface area contributed by atoms with Gasteiger partial charge in [0.15, 0.2) is 5.15 Å². The average Bonchev–Trinajstić information content (AvgIpc) is 2.48. The van der Waals surface area contributed by atoms with Crippen molar-refractivity contribution >= 4 is 11.6 Å². The summed E-state index contributed by atoms with van der Waals surface area (Å²) >= 11 is 5.94. The van der Waals surface area contributed by atoms with E-state index in [0.717, 1.165) is 11.3 Å². The van der Waals surface area contributed by atoms with Crippen molar-refractivity contribution in [2.45, 2.75) is 6.92 Å². The Balaban J connectivity index is 2.66. The van der Waals surface area contributed by atoms with Gasteiger partial charge in [0.2, 0.25) is 0 Å². The second kappa shape index (κ2) is 3.38. The Morgan fingerprint density at radius 3 is 2.57 bits per heavy atom. The van der Waals surface area contributed by atoms with Crippen LogP contribution in [-0.4, -0.2) is 19.7 Å². The van der Waals surface area contributed by atoms with Crippen LogP contribution in [0.3, 0.4) is 0 Å². The van der Waals surface area contributed by atoms with E-state index in [9.17, 15) is 0 Å². The fraction of sp³-hybridized carbons (Fsp3) is 0.222. The number of aromatic nitrogens is 4. The quantitative estimate of drug-likeness (QED) is 0.718. The molecule has 0 saturated carbocycles. The van der Waals surface area contributed by atoms with Crippen molar-refractivity contribution in [3.8, 4) is 11.4 Å². The minimum atomic E-state index is 0.402. The van der Waals surface area contributed by atoms with Gasteiger partial charge in [-0.1, -0.05) is 11.6 Å². The van der Waals surface area contributed by atoms with Crippen molar-refractivity contribution in [1.82, 2.24) is 19.7 Å². The van der Waals surface area contributed by atoms with E-state index in [1.165, 1.54) is 0 Å². The van der Waals surface area contributed by atoms with Crippen LogP contribution in [0.25, 0.3) is 11.4 Å². The molecule has 0 amide bonds. The van der Waals surface area contributed by atoms with Gasteiger partial charge in [0.1, 0.15) is 5.69 Å². The maximum Gasteiger partial charge on any atom is 0.156 e. The van der Waals surface area contributed by atoms with Crippen LogP contribution in [0.1, 0.15) is 5.56 Å². The van der Waals surface area contributed by atoms with Gasteiger partial charge in [-0.15, -0.1) is 0 Å². The number of aryl methyl sites for hydroxylation is 2. The molecule has 4 nitrogen and oxygen atoms in total. The van der Waals surface area contributed by atoms with Crippen molar-refractivity contribution in [3.05, 3.63) is 29.3 Å². The van der Waals surface area contributed by atoms with Crippen molar-refractivity contribution in [1.29, 1.82) is 0 Å². The molecule has 0 aromatic carbocycles. The maximum atomic E-state index is 5.94. The third kappa shape index (κ3) is 1.37. The summed E-state index contributed by atoms with van der Waals surface area (Å²) in [7, 11) is 1.85. The van der Waals surface area contributed by atoms with E-state index in [-0.39, 0.29) is 0 Å². The lowest BCUT2D eigenvalue weighted by atomic mass is 10.2. The standard InChI is InChI=1S/C9H9ClN4/c1-6-5-13-14(2)8(6)7-9(10)12-4-3-11-7/h3-5H,1-2H3. The first-order chi connectivity index (χ1) is 6.70. The molecule has 2 rings (SSSR count). The zero-order chi connectivity index (χ0) is 10.1. The average molecular weight is 209 g/mol. The van der Waals surface area contributed by atoms with E-state index in [2.05, 4.69) is 15.1 Å². The predicted molar refractivity (Wildman–Crippen MR) is 54.0 cm³/mol. The highest BCUT2D eigenvalue weighted by molar-refractivity contribution is 6.31. The van der Waals surface area contributed by atoms with Gasteiger partial charge in [-0.05, 0) is 12.5 Å². The molecule has 0 unspecified atom stereocenters. The van der Waals surface area contributed by atoms with Gasteiger partial charge in [-0.3, -0.25) is 4.68 Å². The SMILES string of the molecule is Cc1cnn(C)c1-c1nccnc1Cl. The normalized spacial score (nSPS) is 10.5. The second-order valence-electron chi connectivity index (χ2n) is 3.00. The Morgan fingerprint density at radius 2 is 2.00 bits per heavy atom. The smallest absolute Gasteiger partial charge is 0.156 e. The van der Waals surface area contributed by atoms with Gasteiger partial charge in [-0.25, -0.2) is 9.97 Å². The largest absolute Gasteiger partial charge is 0.266 e. The predicted octanol–water partition coefficient (Wildman–Crippen LogP) is 1.84. The first-order valence-electron chi connectivity index (χ1n) is 4.15. The summed E-state index contributed by atoms with van der Waals surface area (Å²) in [5, 5.41) is 4.53. The molecule has 0 aliphatic rings. The molecule has 72 valence electrons. The molecular weight excluding hydrogens is 200 g/mol. The number of halogens is 1. The molecule has 0 fully saturated rings. The molecule has 0 saturated heterocycles. The molecule has 14 heavy (non-hydrogen) atoms. The fourth-order valence-corrected chi connectivity index (χ4v) is 1.56. The summed E-state index contributed by atoms with van der Waals surface area (Å²) in [6.45, 7) is 1.97. The van der Waals surface area contributed by atoms with Crippen LogP contribution in [0.15, 0.2) is 18.6 Å². The molecule has 2 aromatic heterocycles. The van der Waals surface area contributed by atoms with Crippen molar-refractivity contribution < 1.29 is 0 Å². The Bertz CT molecular complexity index is 444. The van der Waals surface area contributed by atoms with Gasteiger partial charge >= 0.3 is 0 Å². The summed E-state index contributed by atoms with van der Waals surface area (Å²) in [6.07, 6.45) is 4.96. The summed E-state index contributed by atoms with van der Waals surface area (Å²) in [6, 6.07) is 0. The van der Waals surface area contributed by atoms with E-state index < -0.39 is 0 Å². The lowest BCUT2D eigenvalue weighted by Crippen LogP contribution is -1.97. The zero-order valence-electron chi connectivity index (χ0n) is 7.90. The van der Waals surface area contributed by atoms with Crippen LogP contribution in [0.4, 0.5) is 0 Å². The molecule has 0 aliphatic carbocycles. The topological polar surface area (TPSA) is 43.6 Å². The number of hydrogen-bond donors (Lipinski definition) is 0. The maximum absolute atomic E-state index is 5.94. The van der Waals surface area contributed by atoms with E-state index in [1.54, 1.807) is 23.3 Å². The van der Waals surface area contributed by atoms with Crippen LogP contribution >= 0.6 is 11.6 Å². The Labute approximate surface area is 86.6 Å². The van der Waals surface area contributed by atoms with E-state index >= 15 is 0 Å². The van der Waals surface area contributed by atoms with E-state index in [1.807, 2.05) is 14.0 Å². The minimum absolute atomic E-state index is 0.402. The van der Waals surface area contributed by atoms with Gasteiger partial charge in [0, 0.05) is 19.4 Å². The van der Waals surface area contributed by atoms with E-state index in [4.69, 9.17) is 11.6 Å². The van der Waals surface area contributed by atoms with Crippen LogP contribution < -0.4 is 0 Å². The molecule has 0 aliphatic heterocycles. The van der Waals surface area contributed by atoms with Gasteiger partial charge in [0.05, 0.1) is 11.9 Å². The second-order valence-corrected chi connectivity index (χ2v) is 3.35. The Hall–Kier alpha value is -1.42. The lowest BCUT2D eigenvalue weighted by molar-refractivity contribution is 0.772. The molecule has 0 radical (unpaired) electrons. The first kappa shape index (κ1) is 9.15. The number of rotatable bonds is 1. The highest BCUT2D eigenvalue weighted by Gasteiger charge is 2.12. The van der Waals surface area contributed by atoms with Crippen LogP contribution in [0, 0.1) is 6.92 Å². The zero-order valence-corrected chi connectivity index (χ0v) is 8.65. The monoisotopic (exact) mass is 208 g/mol. The van der Waals surface area contributed by atoms with Gasteiger partial charge in [0.25, 0.3) is 0 Å². The van der Waals surface area contributed by atoms with Crippen molar-refractivity contribution in [2.24, 2.45) is 7.05 Å². The number of hydrogen-bond acceptors (Lipinski definition) is 3. The summed E-state index contributed by atoms with van der Waals surface area (Å²) in [5.41, 5.74) is 2.62. The van der Waals surface area contributed by atoms with E-state index in [0.29, 0.717) is 10.8 Å². The Kier molecular flexibility index (Phi) is 2.21. The minimum Gasteiger partial charge on any atom is -0.266 e. The summed E-state index contributed by atoms with van der Waals surface area (Å²) < 4.78 is 1.74. The van der Waals surface area contributed by atoms with Crippen LogP contribution in [-0.2, 0) is 7.05 Å². The molecule has 0 atom stereocenters. The third-order valence-electron chi connectivity index (χ3n) is 2.00. The lowest BCUT2D eigenvalue weighted by Gasteiger charge is -2.03. The van der Waals surface area contributed by atoms with Crippen molar-refractivity contribution in [2.75, 3.05) is 0 Å². The summed E-state index contributed by atoms with van der Waals surface area (Å²) in [5.74, 6) is 0. The Morgan fingerprint density at radius 1 is 1.29 bits per heavy atom. The van der Waals surface area contributed by atoms with Crippen LogP contribution in [0.5, 0.6) is 0 Å². The molecule has 0 bridgehead atoms. The van der Waals surface area contributed by atoms with Gasteiger partial charge < -0.3 is 0 Å². The molecule has 0 spiro atoms. The number of nitrogens with zero attached hydrogens (tertiary/aromatic N) is 4. The van der Waals surface area contributed by atoms with Crippen LogP contribution in [0.2, 0.25) is 5.15 Å². The van der Waals surface area contributed by atoms with Gasteiger partial charge in [-0.2, -0.15) is 5.10 Å². The summed E-state index contributed by atoms with van der Waals surface area (Å²) in [4.78, 5) is 8.17. The molecule has 2 heterocycles. The molecule has 2 aromatic rings. The third-order valence-corrected chi connectivity index (χ3v) is 2.28. The highest BCUT2D eigenvalue weighted by Crippen LogP contribution is 2.25. The van der Waals surface area contributed by atoms with Crippen molar-refractivity contribution in [3.63, 3.8) is 0 Å². The first-order valence-corrected chi connectivity index (χ1v) is 4.53.